The predicted molar refractivity (Wildman–Crippen MR) is 76.8 cm³/mol. The number of likely N-dealkylation sites (N-methyl/N-ethyl adjacent to an activating group) is 1. The van der Waals surface area contributed by atoms with Crippen LogP contribution in [0.4, 0.5) is 5.69 Å². The predicted octanol–water partition coefficient (Wildman–Crippen LogP) is 0.641. The minimum atomic E-state index is -0.318. The second-order valence-electron chi connectivity index (χ2n) is 4.64. The van der Waals surface area contributed by atoms with Crippen molar-refractivity contribution in [2.24, 2.45) is 0 Å². The maximum absolute atomic E-state index is 12.0. The third-order valence-corrected chi connectivity index (χ3v) is 3.18. The van der Waals surface area contributed by atoms with Crippen molar-refractivity contribution in [2.75, 3.05) is 32.6 Å². The van der Waals surface area contributed by atoms with Gasteiger partial charge in [0.1, 0.15) is 5.02 Å². The Morgan fingerprint density at radius 1 is 1.58 bits per heavy atom. The third kappa shape index (κ3) is 4.49. The highest BCUT2D eigenvalue weighted by Crippen LogP contribution is 2.16. The van der Waals surface area contributed by atoms with Crippen molar-refractivity contribution in [1.29, 1.82) is 0 Å². The second kappa shape index (κ2) is 7.47. The van der Waals surface area contributed by atoms with E-state index in [2.05, 4.69) is 10.4 Å². The molecule has 0 aliphatic rings. The summed E-state index contributed by atoms with van der Waals surface area (Å²) in [5.74, 6) is 0. The molecule has 0 saturated carbocycles. The van der Waals surface area contributed by atoms with Crippen molar-refractivity contribution in [3.63, 3.8) is 0 Å². The highest BCUT2D eigenvalue weighted by atomic mass is 35.5. The van der Waals surface area contributed by atoms with Crippen LogP contribution >= 0.6 is 11.6 Å². The van der Waals surface area contributed by atoms with Crippen LogP contribution in [0.3, 0.4) is 0 Å². The van der Waals surface area contributed by atoms with E-state index < -0.39 is 0 Å². The van der Waals surface area contributed by atoms with Crippen LogP contribution in [0, 0.1) is 0 Å². The average molecular weight is 289 g/mol. The molecular formula is C12H21ClN4O2. The van der Waals surface area contributed by atoms with Gasteiger partial charge in [-0.25, -0.2) is 4.68 Å². The minimum absolute atomic E-state index is 0.0173. The van der Waals surface area contributed by atoms with E-state index in [0.29, 0.717) is 18.8 Å². The van der Waals surface area contributed by atoms with E-state index in [9.17, 15) is 4.79 Å². The van der Waals surface area contributed by atoms with E-state index in [1.807, 2.05) is 25.9 Å². The molecule has 2 N–H and O–H groups in total. The van der Waals surface area contributed by atoms with Crippen molar-refractivity contribution in [2.45, 2.75) is 25.9 Å². The van der Waals surface area contributed by atoms with Gasteiger partial charge in [0.2, 0.25) is 0 Å². The number of rotatable bonds is 7. The molecule has 0 aliphatic carbocycles. The molecule has 1 aromatic rings. The fraction of sp³-hybridized carbons (Fsp3) is 0.667. The van der Waals surface area contributed by atoms with Crippen LogP contribution in [0.15, 0.2) is 11.0 Å². The number of hydrogen-bond donors (Lipinski definition) is 2. The van der Waals surface area contributed by atoms with E-state index >= 15 is 0 Å². The molecular weight excluding hydrogens is 268 g/mol. The van der Waals surface area contributed by atoms with Crippen LogP contribution in [0.5, 0.6) is 0 Å². The number of anilines is 1. The zero-order chi connectivity index (χ0) is 14.4. The Hall–Kier alpha value is -1.11. The van der Waals surface area contributed by atoms with Crippen LogP contribution in [-0.2, 0) is 6.54 Å². The fourth-order valence-electron chi connectivity index (χ4n) is 1.52. The standard InChI is InChI=1S/C12H21ClN4O2/c1-4-9(8-18)15-10-7-14-17(6-5-16(2)3)12(19)11(10)13/h7,9,15,18H,4-6,8H2,1-3H3. The van der Waals surface area contributed by atoms with Gasteiger partial charge in [-0.1, -0.05) is 18.5 Å². The number of hydrogen-bond acceptors (Lipinski definition) is 5. The average Bonchev–Trinajstić information content (AvgIpc) is 2.39. The molecule has 1 aromatic heterocycles. The van der Waals surface area contributed by atoms with Crippen LogP contribution in [0.1, 0.15) is 13.3 Å². The summed E-state index contributed by atoms with van der Waals surface area (Å²) in [6, 6.07) is -0.128. The molecule has 19 heavy (non-hydrogen) atoms. The Bertz CT molecular complexity index is 458. The maximum Gasteiger partial charge on any atom is 0.287 e. The monoisotopic (exact) mass is 288 g/mol. The summed E-state index contributed by atoms with van der Waals surface area (Å²) in [4.78, 5) is 14.0. The van der Waals surface area contributed by atoms with E-state index in [-0.39, 0.29) is 23.2 Å². The second-order valence-corrected chi connectivity index (χ2v) is 5.01. The van der Waals surface area contributed by atoms with Gasteiger partial charge in [0.15, 0.2) is 0 Å². The first kappa shape index (κ1) is 15.9. The molecule has 1 rings (SSSR count). The molecule has 0 bridgehead atoms. The van der Waals surface area contributed by atoms with Crippen molar-refractivity contribution in [1.82, 2.24) is 14.7 Å². The van der Waals surface area contributed by atoms with Gasteiger partial charge in [0.25, 0.3) is 5.56 Å². The summed E-state index contributed by atoms with van der Waals surface area (Å²) >= 11 is 6.04. The highest BCUT2D eigenvalue weighted by Gasteiger charge is 2.12. The largest absolute Gasteiger partial charge is 0.394 e. The van der Waals surface area contributed by atoms with Crippen molar-refractivity contribution in [3.05, 3.63) is 21.6 Å². The fourth-order valence-corrected chi connectivity index (χ4v) is 1.72. The summed E-state index contributed by atoms with van der Waals surface area (Å²) < 4.78 is 1.34. The lowest BCUT2D eigenvalue weighted by Crippen LogP contribution is -2.30. The zero-order valence-corrected chi connectivity index (χ0v) is 12.3. The Labute approximate surface area is 118 Å². The summed E-state index contributed by atoms with van der Waals surface area (Å²) in [5.41, 5.74) is 0.148. The molecule has 1 heterocycles. The van der Waals surface area contributed by atoms with Crippen molar-refractivity contribution >= 4 is 17.3 Å². The van der Waals surface area contributed by atoms with Crippen LogP contribution in [0.2, 0.25) is 5.02 Å². The maximum atomic E-state index is 12.0. The first-order valence-corrected chi connectivity index (χ1v) is 6.65. The van der Waals surface area contributed by atoms with Gasteiger partial charge in [0.05, 0.1) is 25.0 Å². The molecule has 0 fully saturated rings. The first-order valence-electron chi connectivity index (χ1n) is 6.27. The van der Waals surface area contributed by atoms with Gasteiger partial charge in [-0.3, -0.25) is 4.79 Å². The van der Waals surface area contributed by atoms with Crippen LogP contribution in [0.25, 0.3) is 0 Å². The topological polar surface area (TPSA) is 70.4 Å². The van der Waals surface area contributed by atoms with Crippen LogP contribution in [-0.4, -0.2) is 53.1 Å². The molecule has 0 aliphatic heterocycles. The number of aliphatic hydroxyl groups excluding tert-OH is 1. The Morgan fingerprint density at radius 3 is 2.79 bits per heavy atom. The van der Waals surface area contributed by atoms with E-state index in [1.165, 1.54) is 10.9 Å². The van der Waals surface area contributed by atoms with E-state index in [0.717, 1.165) is 6.42 Å². The molecule has 0 aromatic carbocycles. The van der Waals surface area contributed by atoms with Gasteiger partial charge in [-0.2, -0.15) is 5.10 Å². The molecule has 0 spiro atoms. The lowest BCUT2D eigenvalue weighted by atomic mass is 10.2. The van der Waals surface area contributed by atoms with Crippen LogP contribution < -0.4 is 10.9 Å². The Balaban J connectivity index is 2.88. The van der Waals surface area contributed by atoms with Gasteiger partial charge in [-0.05, 0) is 20.5 Å². The Morgan fingerprint density at radius 2 is 2.26 bits per heavy atom. The van der Waals surface area contributed by atoms with Crippen molar-refractivity contribution < 1.29 is 5.11 Å². The number of halogens is 1. The van der Waals surface area contributed by atoms with E-state index in [4.69, 9.17) is 16.7 Å². The molecule has 0 saturated heterocycles. The molecule has 108 valence electrons. The molecule has 7 heteroatoms. The normalized spacial score (nSPS) is 12.7. The zero-order valence-electron chi connectivity index (χ0n) is 11.6. The molecule has 1 atom stereocenters. The number of nitrogens with one attached hydrogen (secondary N) is 1. The summed E-state index contributed by atoms with van der Waals surface area (Å²) in [6.45, 7) is 3.12. The first-order chi connectivity index (χ1) is 8.99. The number of nitrogens with zero attached hydrogens (tertiary/aromatic N) is 3. The summed E-state index contributed by atoms with van der Waals surface area (Å²) in [7, 11) is 3.85. The number of aromatic nitrogens is 2. The van der Waals surface area contributed by atoms with Crippen molar-refractivity contribution in [3.8, 4) is 0 Å². The molecule has 1 unspecified atom stereocenters. The van der Waals surface area contributed by atoms with Gasteiger partial charge in [0, 0.05) is 12.6 Å². The molecule has 6 nitrogen and oxygen atoms in total. The molecule has 0 amide bonds. The summed E-state index contributed by atoms with van der Waals surface area (Å²) in [6.07, 6.45) is 2.26. The lowest BCUT2D eigenvalue weighted by molar-refractivity contribution is 0.272. The molecule has 0 radical (unpaired) electrons. The third-order valence-electron chi connectivity index (χ3n) is 2.82. The minimum Gasteiger partial charge on any atom is -0.394 e. The van der Waals surface area contributed by atoms with Gasteiger partial charge >= 0.3 is 0 Å². The quantitative estimate of drug-likeness (QED) is 0.771. The SMILES string of the molecule is CCC(CO)Nc1cnn(CCN(C)C)c(=O)c1Cl. The number of aliphatic hydroxyl groups is 1. The van der Waals surface area contributed by atoms with E-state index in [1.54, 1.807) is 0 Å². The summed E-state index contributed by atoms with van der Waals surface area (Å²) in [5, 5.41) is 16.3. The smallest absolute Gasteiger partial charge is 0.287 e. The lowest BCUT2D eigenvalue weighted by Gasteiger charge is -2.17. The highest BCUT2D eigenvalue weighted by molar-refractivity contribution is 6.32. The van der Waals surface area contributed by atoms with Gasteiger partial charge in [-0.15, -0.1) is 0 Å². The van der Waals surface area contributed by atoms with Gasteiger partial charge < -0.3 is 15.3 Å². The Kier molecular flexibility index (Phi) is 6.27.